The topological polar surface area (TPSA) is 75.7 Å². The summed E-state index contributed by atoms with van der Waals surface area (Å²) in [4.78, 5) is 12.1. The summed E-state index contributed by atoms with van der Waals surface area (Å²) in [5.74, 6) is -0.251. The quantitative estimate of drug-likeness (QED) is 0.693. The SMILES string of the molecule is COc1ccc(NC(=O)C2CCN(S(=O)(=O)c3cccc(C(F)(F)F)c3)CC2)cc1Cl. The van der Waals surface area contributed by atoms with E-state index in [4.69, 9.17) is 16.3 Å². The minimum Gasteiger partial charge on any atom is -0.495 e. The van der Waals surface area contributed by atoms with Crippen LogP contribution in [0.3, 0.4) is 0 Å². The fraction of sp³-hybridized carbons (Fsp3) is 0.350. The van der Waals surface area contributed by atoms with Crippen LogP contribution >= 0.6 is 11.6 Å². The largest absolute Gasteiger partial charge is 0.495 e. The van der Waals surface area contributed by atoms with Crippen LogP contribution in [0.25, 0.3) is 0 Å². The zero-order chi connectivity index (χ0) is 22.8. The number of amides is 1. The van der Waals surface area contributed by atoms with Crippen molar-refractivity contribution in [2.45, 2.75) is 23.9 Å². The highest BCUT2D eigenvalue weighted by Gasteiger charge is 2.35. The number of nitrogens with zero attached hydrogens (tertiary/aromatic N) is 1. The van der Waals surface area contributed by atoms with E-state index in [2.05, 4.69) is 5.32 Å². The Morgan fingerprint density at radius 3 is 2.42 bits per heavy atom. The molecule has 1 saturated heterocycles. The smallest absolute Gasteiger partial charge is 0.416 e. The van der Waals surface area contributed by atoms with E-state index in [0.29, 0.717) is 22.5 Å². The van der Waals surface area contributed by atoms with Crippen LogP contribution < -0.4 is 10.1 Å². The van der Waals surface area contributed by atoms with E-state index in [-0.39, 0.29) is 31.8 Å². The molecule has 3 rings (SSSR count). The summed E-state index contributed by atoms with van der Waals surface area (Å²) >= 11 is 6.05. The van der Waals surface area contributed by atoms with Gasteiger partial charge < -0.3 is 10.1 Å². The average molecular weight is 477 g/mol. The zero-order valence-corrected chi connectivity index (χ0v) is 18.0. The monoisotopic (exact) mass is 476 g/mol. The molecule has 1 aliphatic heterocycles. The van der Waals surface area contributed by atoms with Gasteiger partial charge >= 0.3 is 6.18 Å². The molecule has 0 atom stereocenters. The number of benzene rings is 2. The molecule has 1 heterocycles. The first-order valence-corrected chi connectivity index (χ1v) is 11.2. The molecule has 0 unspecified atom stereocenters. The number of ether oxygens (including phenoxy) is 1. The number of sulfonamides is 1. The number of piperidine rings is 1. The van der Waals surface area contributed by atoms with E-state index in [0.717, 1.165) is 22.5 Å². The molecule has 6 nitrogen and oxygen atoms in total. The highest BCUT2D eigenvalue weighted by molar-refractivity contribution is 7.89. The molecule has 1 N–H and O–H groups in total. The second-order valence-corrected chi connectivity index (χ2v) is 9.39. The van der Waals surface area contributed by atoms with Crippen LogP contribution in [0.5, 0.6) is 5.75 Å². The van der Waals surface area contributed by atoms with Crippen molar-refractivity contribution in [3.8, 4) is 5.75 Å². The molecule has 31 heavy (non-hydrogen) atoms. The van der Waals surface area contributed by atoms with Crippen molar-refractivity contribution in [1.29, 1.82) is 0 Å². The molecule has 1 aliphatic rings. The number of carbonyl (C=O) groups excluding carboxylic acids is 1. The Kier molecular flexibility index (Phi) is 6.82. The van der Waals surface area contributed by atoms with Crippen LogP contribution in [0.4, 0.5) is 18.9 Å². The summed E-state index contributed by atoms with van der Waals surface area (Å²) in [6, 6.07) is 8.44. The lowest BCUT2D eigenvalue weighted by atomic mass is 9.97. The van der Waals surface area contributed by atoms with Crippen LogP contribution in [-0.2, 0) is 21.0 Å². The minimum absolute atomic E-state index is 0.0278. The van der Waals surface area contributed by atoms with Gasteiger partial charge in [0.25, 0.3) is 0 Å². The molecule has 11 heteroatoms. The summed E-state index contributed by atoms with van der Waals surface area (Å²) < 4.78 is 70.4. The Labute approximate surface area is 183 Å². The maximum atomic E-state index is 12.9. The van der Waals surface area contributed by atoms with Crippen molar-refractivity contribution in [3.05, 3.63) is 53.1 Å². The number of hydrogen-bond acceptors (Lipinski definition) is 4. The third kappa shape index (κ3) is 5.31. The van der Waals surface area contributed by atoms with Crippen LogP contribution in [0.2, 0.25) is 5.02 Å². The molecular weight excluding hydrogens is 457 g/mol. The molecule has 0 aliphatic carbocycles. The Balaban J connectivity index is 1.65. The van der Waals surface area contributed by atoms with Gasteiger partial charge in [-0.2, -0.15) is 17.5 Å². The third-order valence-electron chi connectivity index (χ3n) is 5.04. The van der Waals surface area contributed by atoms with Crippen molar-refractivity contribution in [2.75, 3.05) is 25.5 Å². The van der Waals surface area contributed by atoms with Crippen LogP contribution in [0, 0.1) is 5.92 Å². The van der Waals surface area contributed by atoms with Gasteiger partial charge in [-0.25, -0.2) is 8.42 Å². The Morgan fingerprint density at radius 1 is 1.16 bits per heavy atom. The lowest BCUT2D eigenvalue weighted by Gasteiger charge is -2.30. The molecule has 0 spiro atoms. The van der Waals surface area contributed by atoms with Crippen molar-refractivity contribution in [2.24, 2.45) is 5.92 Å². The van der Waals surface area contributed by atoms with Crippen LogP contribution in [0.1, 0.15) is 18.4 Å². The van der Waals surface area contributed by atoms with Crippen molar-refractivity contribution >= 4 is 33.2 Å². The molecule has 0 saturated carbocycles. The summed E-state index contributed by atoms with van der Waals surface area (Å²) in [6.45, 7) is 0.0556. The number of nitrogens with one attached hydrogen (secondary N) is 1. The van der Waals surface area contributed by atoms with Gasteiger partial charge in [0, 0.05) is 24.7 Å². The second kappa shape index (κ2) is 9.05. The molecule has 2 aromatic rings. The number of rotatable bonds is 5. The Hall–Kier alpha value is -2.30. The number of carbonyl (C=O) groups is 1. The van der Waals surface area contributed by atoms with Crippen molar-refractivity contribution in [3.63, 3.8) is 0 Å². The number of hydrogen-bond donors (Lipinski definition) is 1. The van der Waals surface area contributed by atoms with Gasteiger partial charge in [-0.05, 0) is 49.2 Å². The van der Waals surface area contributed by atoms with Gasteiger partial charge in [0.15, 0.2) is 0 Å². The molecule has 0 radical (unpaired) electrons. The van der Waals surface area contributed by atoms with Crippen molar-refractivity contribution in [1.82, 2.24) is 4.31 Å². The number of methoxy groups -OCH3 is 1. The summed E-state index contributed by atoms with van der Waals surface area (Å²) in [5.41, 5.74) is -0.546. The van der Waals surface area contributed by atoms with Crippen LogP contribution in [0.15, 0.2) is 47.4 Å². The number of anilines is 1. The summed E-state index contributed by atoms with van der Waals surface area (Å²) in [7, 11) is -2.62. The third-order valence-corrected chi connectivity index (χ3v) is 7.23. The van der Waals surface area contributed by atoms with E-state index >= 15 is 0 Å². The lowest BCUT2D eigenvalue weighted by molar-refractivity contribution is -0.137. The highest BCUT2D eigenvalue weighted by atomic mass is 35.5. The highest BCUT2D eigenvalue weighted by Crippen LogP contribution is 2.32. The molecule has 168 valence electrons. The standard InChI is InChI=1S/C20H20ClF3N2O4S/c1-30-18-6-5-15(12-17(18)21)25-19(27)13-7-9-26(10-8-13)31(28,29)16-4-2-3-14(11-16)20(22,23)24/h2-6,11-13H,7-10H2,1H3,(H,25,27). The average Bonchev–Trinajstić information content (AvgIpc) is 2.73. The predicted molar refractivity (Wildman–Crippen MR) is 110 cm³/mol. The fourth-order valence-corrected chi connectivity index (χ4v) is 5.10. The maximum Gasteiger partial charge on any atom is 0.416 e. The van der Waals surface area contributed by atoms with Gasteiger partial charge in [0.2, 0.25) is 15.9 Å². The summed E-state index contributed by atoms with van der Waals surface area (Å²) in [5, 5.41) is 3.08. The molecular formula is C20H20ClF3N2O4S. The first-order chi connectivity index (χ1) is 14.5. The van der Waals surface area contributed by atoms with E-state index in [1.165, 1.54) is 7.11 Å². The maximum absolute atomic E-state index is 12.9. The van der Waals surface area contributed by atoms with Gasteiger partial charge in [0.05, 0.1) is 22.6 Å². The lowest BCUT2D eigenvalue weighted by Crippen LogP contribution is -2.41. The molecule has 1 amide bonds. The summed E-state index contributed by atoms with van der Waals surface area (Å²) in [6.07, 6.45) is -4.15. The first kappa shape index (κ1) is 23.4. The van der Waals surface area contributed by atoms with E-state index in [9.17, 15) is 26.4 Å². The van der Waals surface area contributed by atoms with Crippen molar-refractivity contribution < 1.29 is 31.1 Å². The van der Waals surface area contributed by atoms with E-state index < -0.39 is 32.6 Å². The van der Waals surface area contributed by atoms with Gasteiger partial charge in [-0.1, -0.05) is 17.7 Å². The number of alkyl halides is 3. The predicted octanol–water partition coefficient (Wildman–Crippen LogP) is 4.41. The van der Waals surface area contributed by atoms with Crippen LogP contribution in [-0.4, -0.2) is 38.8 Å². The molecule has 1 fully saturated rings. The first-order valence-electron chi connectivity index (χ1n) is 9.34. The Bertz CT molecular complexity index is 1070. The number of halogens is 4. The fourth-order valence-electron chi connectivity index (χ4n) is 3.33. The molecule has 0 aromatic heterocycles. The normalized spacial score (nSPS) is 16.2. The van der Waals surface area contributed by atoms with Gasteiger partial charge in [-0.3, -0.25) is 4.79 Å². The van der Waals surface area contributed by atoms with E-state index in [1.54, 1.807) is 18.2 Å². The van der Waals surface area contributed by atoms with E-state index in [1.807, 2.05) is 0 Å². The zero-order valence-electron chi connectivity index (χ0n) is 16.4. The molecule has 0 bridgehead atoms. The minimum atomic E-state index is -4.64. The molecule has 2 aromatic carbocycles. The van der Waals surface area contributed by atoms with Gasteiger partial charge in [0.1, 0.15) is 5.75 Å². The van der Waals surface area contributed by atoms with Gasteiger partial charge in [-0.15, -0.1) is 0 Å². The second-order valence-electron chi connectivity index (χ2n) is 7.04. The Morgan fingerprint density at radius 2 is 1.84 bits per heavy atom.